The highest BCUT2D eigenvalue weighted by Crippen LogP contribution is 2.20. The van der Waals surface area contributed by atoms with Gasteiger partial charge in [0.1, 0.15) is 12.2 Å². The molecule has 2 fully saturated rings. The number of ether oxygens (including phenoxy) is 1. The number of esters is 1. The minimum Gasteiger partial charge on any atom is -0.468 e. The maximum atomic E-state index is 11.7. The first-order chi connectivity index (χ1) is 9.26. The molecule has 108 valence electrons. The van der Waals surface area contributed by atoms with Crippen LogP contribution < -0.4 is 10.6 Å². The van der Waals surface area contributed by atoms with E-state index in [2.05, 4.69) is 10.6 Å². The number of methoxy groups -OCH3 is 1. The molecule has 2 N–H and O–H groups in total. The van der Waals surface area contributed by atoms with Gasteiger partial charge in [0.05, 0.1) is 7.11 Å². The van der Waals surface area contributed by atoms with Gasteiger partial charge in [0.25, 0.3) is 0 Å². The number of aldehydes is 1. The molecule has 2 aliphatic rings. The fraction of sp³-hybridized carbons (Fsp3) is 0.846. The monoisotopic (exact) mass is 269 g/mol. The van der Waals surface area contributed by atoms with Crippen molar-refractivity contribution in [2.24, 2.45) is 0 Å². The van der Waals surface area contributed by atoms with E-state index in [1.54, 1.807) is 0 Å². The topological polar surface area (TPSA) is 70.7 Å². The summed E-state index contributed by atoms with van der Waals surface area (Å²) in [6.07, 6.45) is 4.38. The first-order valence-electron chi connectivity index (χ1n) is 7.02. The zero-order chi connectivity index (χ0) is 13.7. The third-order valence-electron chi connectivity index (χ3n) is 3.96. The number of hydrogen-bond donors (Lipinski definition) is 2. The third kappa shape index (κ3) is 3.52. The lowest BCUT2D eigenvalue weighted by molar-refractivity contribution is -0.147. The summed E-state index contributed by atoms with van der Waals surface area (Å²) in [5.74, 6) is -0.243. The Morgan fingerprint density at radius 3 is 2.95 bits per heavy atom. The van der Waals surface area contributed by atoms with Crippen LogP contribution >= 0.6 is 0 Å². The number of rotatable bonds is 5. The first kappa shape index (κ1) is 14.4. The number of likely N-dealkylation sites (tertiary alicyclic amines) is 1. The highest BCUT2D eigenvalue weighted by atomic mass is 16.5. The van der Waals surface area contributed by atoms with Crippen molar-refractivity contribution >= 4 is 12.3 Å². The highest BCUT2D eigenvalue weighted by Gasteiger charge is 2.36. The molecule has 0 aromatic heterocycles. The lowest BCUT2D eigenvalue weighted by Crippen LogP contribution is -2.57. The zero-order valence-corrected chi connectivity index (χ0v) is 11.4. The van der Waals surface area contributed by atoms with Crippen LogP contribution in [0.4, 0.5) is 0 Å². The first-order valence-corrected chi connectivity index (χ1v) is 7.02. The highest BCUT2D eigenvalue weighted by molar-refractivity contribution is 5.76. The van der Waals surface area contributed by atoms with Gasteiger partial charge in [0.15, 0.2) is 6.29 Å². The maximum Gasteiger partial charge on any atom is 0.323 e. The summed E-state index contributed by atoms with van der Waals surface area (Å²) in [5.41, 5.74) is 0. The van der Waals surface area contributed by atoms with Crippen LogP contribution in [-0.4, -0.2) is 62.1 Å². The zero-order valence-electron chi connectivity index (χ0n) is 11.4. The van der Waals surface area contributed by atoms with Crippen LogP contribution in [0, 0.1) is 0 Å². The van der Waals surface area contributed by atoms with Gasteiger partial charge in [-0.2, -0.15) is 0 Å². The van der Waals surface area contributed by atoms with Crippen molar-refractivity contribution in [2.75, 3.05) is 26.7 Å². The van der Waals surface area contributed by atoms with Crippen LogP contribution in [0.25, 0.3) is 0 Å². The molecule has 0 aromatic rings. The van der Waals surface area contributed by atoms with Crippen molar-refractivity contribution in [3.8, 4) is 0 Å². The molecule has 0 saturated carbocycles. The number of carbonyl (C=O) groups excluding carboxylic acids is 2. The van der Waals surface area contributed by atoms with Gasteiger partial charge in [0, 0.05) is 19.1 Å². The van der Waals surface area contributed by atoms with E-state index in [1.807, 2.05) is 4.90 Å². The molecule has 0 bridgehead atoms. The average molecular weight is 269 g/mol. The predicted octanol–water partition coefficient (Wildman–Crippen LogP) is -0.510. The number of nitrogens with zero attached hydrogens (tertiary/aromatic N) is 1. The molecule has 6 nitrogen and oxygen atoms in total. The molecule has 2 aliphatic heterocycles. The quantitative estimate of drug-likeness (QED) is 0.517. The lowest BCUT2D eigenvalue weighted by atomic mass is 10.1. The Kier molecular flexibility index (Phi) is 5.30. The van der Waals surface area contributed by atoms with Crippen LogP contribution in [0.5, 0.6) is 0 Å². The van der Waals surface area contributed by atoms with Crippen LogP contribution in [-0.2, 0) is 14.3 Å². The van der Waals surface area contributed by atoms with E-state index in [4.69, 9.17) is 4.74 Å². The molecular formula is C13H23N3O3. The van der Waals surface area contributed by atoms with E-state index in [-0.39, 0.29) is 12.0 Å². The number of hydrogen-bond acceptors (Lipinski definition) is 6. The van der Waals surface area contributed by atoms with Gasteiger partial charge in [-0.3, -0.25) is 15.0 Å². The normalized spacial score (nSPS) is 29.9. The SMILES string of the molecule is COC(=O)C1CCCN1C(C=O)NC1CCCNC1. The summed E-state index contributed by atoms with van der Waals surface area (Å²) in [7, 11) is 1.40. The standard InChI is InChI=1S/C13H23N3O3/c1-19-13(18)11-5-3-7-16(11)12(9-17)15-10-4-2-6-14-8-10/h9-12,14-15H,2-8H2,1H3. The number of piperidine rings is 1. The molecule has 2 saturated heterocycles. The Hall–Kier alpha value is -0.980. The van der Waals surface area contributed by atoms with Crippen molar-refractivity contribution in [1.29, 1.82) is 0 Å². The molecule has 2 rings (SSSR count). The van der Waals surface area contributed by atoms with E-state index in [1.165, 1.54) is 7.11 Å². The van der Waals surface area contributed by atoms with Gasteiger partial charge in [-0.1, -0.05) is 0 Å². The van der Waals surface area contributed by atoms with Crippen molar-refractivity contribution in [3.05, 3.63) is 0 Å². The van der Waals surface area contributed by atoms with Gasteiger partial charge in [-0.15, -0.1) is 0 Å². The van der Waals surface area contributed by atoms with Crippen molar-refractivity contribution < 1.29 is 14.3 Å². The van der Waals surface area contributed by atoms with Crippen molar-refractivity contribution in [2.45, 2.75) is 43.9 Å². The Bertz CT molecular complexity index is 318. The fourth-order valence-electron chi connectivity index (χ4n) is 2.96. The molecule has 0 amide bonds. The number of carbonyl (C=O) groups is 2. The van der Waals surface area contributed by atoms with Crippen LogP contribution in [0.1, 0.15) is 25.7 Å². The van der Waals surface area contributed by atoms with Gasteiger partial charge in [-0.05, 0) is 32.2 Å². The second kappa shape index (κ2) is 6.98. The molecule has 0 aromatic carbocycles. The third-order valence-corrected chi connectivity index (χ3v) is 3.96. The molecule has 0 radical (unpaired) electrons. The van der Waals surface area contributed by atoms with Crippen LogP contribution in [0.2, 0.25) is 0 Å². The van der Waals surface area contributed by atoms with Crippen LogP contribution in [0.3, 0.4) is 0 Å². The Labute approximate surface area is 113 Å². The molecule has 0 spiro atoms. The fourth-order valence-corrected chi connectivity index (χ4v) is 2.96. The summed E-state index contributed by atoms with van der Waals surface area (Å²) in [4.78, 5) is 25.0. The van der Waals surface area contributed by atoms with E-state index >= 15 is 0 Å². The van der Waals surface area contributed by atoms with Crippen LogP contribution in [0.15, 0.2) is 0 Å². The predicted molar refractivity (Wildman–Crippen MR) is 70.6 cm³/mol. The molecule has 0 aliphatic carbocycles. The van der Waals surface area contributed by atoms with E-state index in [0.29, 0.717) is 6.04 Å². The Morgan fingerprint density at radius 2 is 2.32 bits per heavy atom. The van der Waals surface area contributed by atoms with Gasteiger partial charge in [0.2, 0.25) is 0 Å². The maximum absolute atomic E-state index is 11.7. The minimum atomic E-state index is -0.392. The van der Waals surface area contributed by atoms with Gasteiger partial charge >= 0.3 is 5.97 Å². The van der Waals surface area contributed by atoms with Gasteiger partial charge in [-0.25, -0.2) is 0 Å². The second-order valence-electron chi connectivity index (χ2n) is 5.21. The second-order valence-corrected chi connectivity index (χ2v) is 5.21. The Morgan fingerprint density at radius 1 is 1.47 bits per heavy atom. The Balaban J connectivity index is 1.95. The molecule has 19 heavy (non-hydrogen) atoms. The van der Waals surface area contributed by atoms with Gasteiger partial charge < -0.3 is 14.8 Å². The summed E-state index contributed by atoms with van der Waals surface area (Å²) >= 11 is 0. The average Bonchev–Trinajstić information content (AvgIpc) is 2.94. The molecular weight excluding hydrogens is 246 g/mol. The van der Waals surface area contributed by atoms with Crippen molar-refractivity contribution in [3.63, 3.8) is 0 Å². The minimum absolute atomic E-state index is 0.243. The van der Waals surface area contributed by atoms with E-state index < -0.39 is 6.17 Å². The summed E-state index contributed by atoms with van der Waals surface area (Å²) < 4.78 is 4.81. The summed E-state index contributed by atoms with van der Waals surface area (Å²) in [6, 6.07) is 0.00657. The van der Waals surface area contributed by atoms with E-state index in [9.17, 15) is 9.59 Å². The lowest BCUT2D eigenvalue weighted by Gasteiger charge is -2.33. The summed E-state index contributed by atoms with van der Waals surface area (Å²) in [6.45, 7) is 2.68. The molecule has 3 atom stereocenters. The van der Waals surface area contributed by atoms with E-state index in [0.717, 1.165) is 51.6 Å². The molecule has 2 heterocycles. The summed E-state index contributed by atoms with van der Waals surface area (Å²) in [5, 5.41) is 6.66. The molecule has 3 unspecified atom stereocenters. The number of nitrogens with one attached hydrogen (secondary N) is 2. The smallest absolute Gasteiger partial charge is 0.323 e. The largest absolute Gasteiger partial charge is 0.468 e. The molecule has 6 heteroatoms. The van der Waals surface area contributed by atoms with Crippen molar-refractivity contribution in [1.82, 2.24) is 15.5 Å².